The second kappa shape index (κ2) is 6.60. The second-order valence-corrected chi connectivity index (χ2v) is 9.52. The molecule has 0 unspecified atom stereocenters. The quantitative estimate of drug-likeness (QED) is 0.565. The molecule has 27 heavy (non-hydrogen) atoms. The van der Waals surface area contributed by atoms with E-state index in [0.29, 0.717) is 0 Å². The summed E-state index contributed by atoms with van der Waals surface area (Å²) in [4.78, 5) is -0.970. The third-order valence-electron chi connectivity index (χ3n) is 4.02. The van der Waals surface area contributed by atoms with Gasteiger partial charge in [-0.1, -0.05) is 30.3 Å². The summed E-state index contributed by atoms with van der Waals surface area (Å²) < 4.78 is 51.9. The van der Waals surface area contributed by atoms with Crippen LogP contribution in [0.15, 0.2) is 86.3 Å². The molecule has 0 aliphatic rings. The Balaban J connectivity index is 2.25. The summed E-state index contributed by atoms with van der Waals surface area (Å²) in [7, 11) is -8.24. The average Bonchev–Trinajstić information content (AvgIpc) is 2.62. The van der Waals surface area contributed by atoms with Gasteiger partial charge >= 0.3 is 0 Å². The van der Waals surface area contributed by atoms with Gasteiger partial charge in [0.15, 0.2) is 0 Å². The Morgan fingerprint density at radius 2 is 0.815 bits per heavy atom. The summed E-state index contributed by atoms with van der Waals surface area (Å²) in [6.45, 7) is 0. The van der Waals surface area contributed by atoms with Gasteiger partial charge in [0.2, 0.25) is 19.7 Å². The van der Waals surface area contributed by atoms with Crippen molar-refractivity contribution in [3.8, 4) is 0 Å². The van der Waals surface area contributed by atoms with E-state index < -0.39 is 19.7 Å². The molecule has 0 bridgehead atoms. The van der Waals surface area contributed by atoms with Crippen molar-refractivity contribution in [2.45, 2.75) is 19.6 Å². The molecule has 3 aromatic rings. The number of benzene rings is 3. The van der Waals surface area contributed by atoms with Crippen LogP contribution in [0.25, 0.3) is 0 Å². The lowest BCUT2D eigenvalue weighted by molar-refractivity contribution is 0.595. The highest BCUT2D eigenvalue weighted by molar-refractivity contribution is 7.92. The number of sulfone groups is 2. The van der Waals surface area contributed by atoms with Crippen LogP contribution in [-0.4, -0.2) is 16.8 Å². The van der Waals surface area contributed by atoms with Crippen LogP contribution in [-0.2, 0) is 19.7 Å². The van der Waals surface area contributed by atoms with Crippen LogP contribution in [0.1, 0.15) is 0 Å². The molecule has 0 aromatic heterocycles. The summed E-state index contributed by atoms with van der Waals surface area (Å²) in [6, 6.07) is 15.6. The monoisotopic (exact) mass is 403 g/mol. The first-order valence-electron chi connectivity index (χ1n) is 7.75. The van der Waals surface area contributed by atoms with Gasteiger partial charge in [0.25, 0.3) is 0 Å². The summed E-state index contributed by atoms with van der Waals surface area (Å²) in [5.41, 5.74) is 17.2. The molecule has 0 heterocycles. The van der Waals surface area contributed by atoms with Crippen LogP contribution in [0.2, 0.25) is 0 Å². The van der Waals surface area contributed by atoms with Crippen molar-refractivity contribution >= 4 is 36.7 Å². The molecular formula is C18H17N3O4S2. The number of hydrogen-bond acceptors (Lipinski definition) is 7. The Hall–Kier alpha value is -3.04. The molecule has 9 heteroatoms. The third-order valence-corrected chi connectivity index (χ3v) is 7.79. The number of rotatable bonds is 4. The molecule has 3 rings (SSSR count). The van der Waals surface area contributed by atoms with Crippen molar-refractivity contribution in [3.05, 3.63) is 66.7 Å². The first-order valence-corrected chi connectivity index (χ1v) is 10.7. The summed E-state index contributed by atoms with van der Waals surface area (Å²) >= 11 is 0. The Kier molecular flexibility index (Phi) is 4.58. The molecule has 0 spiro atoms. The minimum Gasteiger partial charge on any atom is -0.398 e. The number of nitrogen functional groups attached to an aromatic ring is 3. The zero-order valence-electron chi connectivity index (χ0n) is 14.0. The topological polar surface area (TPSA) is 146 Å². The summed E-state index contributed by atoms with van der Waals surface area (Å²) in [5, 5.41) is 0. The van der Waals surface area contributed by atoms with Crippen LogP contribution in [0.4, 0.5) is 17.1 Å². The van der Waals surface area contributed by atoms with Crippen LogP contribution < -0.4 is 17.2 Å². The normalized spacial score (nSPS) is 12.0. The van der Waals surface area contributed by atoms with E-state index in [1.165, 1.54) is 54.6 Å². The smallest absolute Gasteiger partial charge is 0.210 e. The second-order valence-electron chi connectivity index (χ2n) is 5.75. The van der Waals surface area contributed by atoms with Gasteiger partial charge in [-0.2, -0.15) is 0 Å². The van der Waals surface area contributed by atoms with E-state index >= 15 is 0 Å². The minimum absolute atomic E-state index is 0.0393. The number of anilines is 3. The maximum absolute atomic E-state index is 13.0. The average molecular weight is 403 g/mol. The molecular weight excluding hydrogens is 386 g/mol. The van der Waals surface area contributed by atoms with Gasteiger partial charge in [0.05, 0.1) is 36.6 Å². The lowest BCUT2D eigenvalue weighted by atomic mass is 10.3. The lowest BCUT2D eigenvalue weighted by Crippen LogP contribution is -2.13. The Morgan fingerprint density at radius 1 is 0.481 bits per heavy atom. The molecule has 0 amide bonds. The largest absolute Gasteiger partial charge is 0.398 e. The first kappa shape index (κ1) is 18.7. The molecule has 0 atom stereocenters. The highest BCUT2D eigenvalue weighted by atomic mass is 32.2. The van der Waals surface area contributed by atoms with E-state index in [2.05, 4.69) is 0 Å². The molecule has 0 aliphatic carbocycles. The number of para-hydroxylation sites is 3. The van der Waals surface area contributed by atoms with Crippen molar-refractivity contribution in [1.82, 2.24) is 0 Å². The van der Waals surface area contributed by atoms with Gasteiger partial charge in [-0.25, -0.2) is 16.8 Å². The van der Waals surface area contributed by atoms with Gasteiger partial charge < -0.3 is 17.2 Å². The van der Waals surface area contributed by atoms with E-state index in [-0.39, 0.29) is 36.6 Å². The minimum atomic E-state index is -4.12. The third kappa shape index (κ3) is 3.11. The van der Waals surface area contributed by atoms with Crippen LogP contribution in [0, 0.1) is 0 Å². The maximum Gasteiger partial charge on any atom is 0.210 e. The summed E-state index contributed by atoms with van der Waals surface area (Å²) in [6.07, 6.45) is 0. The van der Waals surface area contributed by atoms with Gasteiger partial charge in [-0.15, -0.1) is 0 Å². The van der Waals surface area contributed by atoms with Crippen molar-refractivity contribution in [2.75, 3.05) is 17.2 Å². The fraction of sp³-hybridized carbons (Fsp3) is 0. The molecule has 0 aliphatic heterocycles. The van der Waals surface area contributed by atoms with Crippen LogP contribution in [0.5, 0.6) is 0 Å². The summed E-state index contributed by atoms with van der Waals surface area (Å²) in [5.74, 6) is 0. The lowest BCUT2D eigenvalue weighted by Gasteiger charge is -2.14. The van der Waals surface area contributed by atoms with Gasteiger partial charge in [0.1, 0.15) is 0 Å². The van der Waals surface area contributed by atoms with Crippen molar-refractivity contribution in [2.24, 2.45) is 0 Å². The SMILES string of the molecule is Nc1ccccc1S(=O)(=O)c1cccc(S(=O)(=O)c2ccccc2N)c1N. The van der Waals surface area contributed by atoms with Crippen molar-refractivity contribution < 1.29 is 16.8 Å². The fourth-order valence-electron chi connectivity index (χ4n) is 2.68. The molecule has 7 nitrogen and oxygen atoms in total. The van der Waals surface area contributed by atoms with Crippen molar-refractivity contribution in [1.29, 1.82) is 0 Å². The molecule has 0 saturated heterocycles. The maximum atomic E-state index is 13.0. The van der Waals surface area contributed by atoms with Gasteiger partial charge in [-0.05, 0) is 36.4 Å². The van der Waals surface area contributed by atoms with Crippen LogP contribution >= 0.6 is 0 Å². The molecule has 0 radical (unpaired) electrons. The molecule has 3 aromatic carbocycles. The predicted octanol–water partition coefficient (Wildman–Crippen LogP) is 2.10. The zero-order valence-corrected chi connectivity index (χ0v) is 15.7. The molecule has 6 N–H and O–H groups in total. The van der Waals surface area contributed by atoms with Crippen molar-refractivity contribution in [3.63, 3.8) is 0 Å². The van der Waals surface area contributed by atoms with E-state index in [4.69, 9.17) is 17.2 Å². The Morgan fingerprint density at radius 3 is 1.19 bits per heavy atom. The molecule has 0 saturated carbocycles. The van der Waals surface area contributed by atoms with Gasteiger partial charge in [-0.3, -0.25) is 0 Å². The van der Waals surface area contributed by atoms with Crippen LogP contribution in [0.3, 0.4) is 0 Å². The molecule has 140 valence electrons. The first-order chi connectivity index (χ1) is 12.7. The molecule has 0 fully saturated rings. The zero-order chi connectivity index (χ0) is 19.8. The fourth-order valence-corrected chi connectivity index (χ4v) is 5.80. The Bertz CT molecular complexity index is 1140. The highest BCUT2D eigenvalue weighted by Crippen LogP contribution is 2.36. The number of hydrogen-bond donors (Lipinski definition) is 3. The standard InChI is InChI=1S/C18H17N3O4S2/c19-12-6-1-3-8-14(12)26(22,23)16-10-5-11-17(18(16)21)27(24,25)15-9-4-2-7-13(15)20/h1-11H,19-21H2. The number of nitrogens with two attached hydrogens (primary N) is 3. The Labute approximate surface area is 157 Å². The predicted molar refractivity (Wildman–Crippen MR) is 103 cm³/mol. The van der Waals surface area contributed by atoms with E-state index in [1.54, 1.807) is 12.1 Å². The van der Waals surface area contributed by atoms with E-state index in [0.717, 1.165) is 0 Å². The highest BCUT2D eigenvalue weighted by Gasteiger charge is 2.29. The van der Waals surface area contributed by atoms with Gasteiger partial charge in [0, 0.05) is 0 Å². The van der Waals surface area contributed by atoms with E-state index in [9.17, 15) is 16.8 Å². The van der Waals surface area contributed by atoms with E-state index in [1.807, 2.05) is 0 Å².